The van der Waals surface area contributed by atoms with Crippen LogP contribution in [0.2, 0.25) is 0 Å². The summed E-state index contributed by atoms with van der Waals surface area (Å²) in [4.78, 5) is 10.1. The standard InChI is InChI=1S/C9H11NO4/c1-2-13-7-14-9-6-4-3-5-8(9)10(11)12/h3-6H,2,7H2,1H3. The van der Waals surface area contributed by atoms with Crippen molar-refractivity contribution in [3.63, 3.8) is 0 Å². The minimum atomic E-state index is -0.485. The summed E-state index contributed by atoms with van der Waals surface area (Å²) in [6.45, 7) is 2.37. The predicted octanol–water partition coefficient (Wildman–Crippen LogP) is 1.97. The van der Waals surface area contributed by atoms with Gasteiger partial charge in [-0.1, -0.05) is 12.1 Å². The molecule has 0 atom stereocenters. The van der Waals surface area contributed by atoms with Gasteiger partial charge in [0.05, 0.1) is 4.92 Å². The molecular weight excluding hydrogens is 186 g/mol. The fourth-order valence-corrected chi connectivity index (χ4v) is 0.919. The van der Waals surface area contributed by atoms with Crippen molar-refractivity contribution in [2.75, 3.05) is 13.4 Å². The lowest BCUT2D eigenvalue weighted by Gasteiger charge is -2.05. The number of nitro groups is 1. The molecule has 0 radical (unpaired) electrons. The smallest absolute Gasteiger partial charge is 0.311 e. The first-order valence-corrected chi connectivity index (χ1v) is 4.19. The van der Waals surface area contributed by atoms with Gasteiger partial charge in [-0.05, 0) is 13.0 Å². The zero-order chi connectivity index (χ0) is 10.4. The first kappa shape index (κ1) is 10.5. The normalized spacial score (nSPS) is 9.79. The molecule has 1 aromatic carbocycles. The van der Waals surface area contributed by atoms with E-state index in [1.54, 1.807) is 12.1 Å². The van der Waals surface area contributed by atoms with Gasteiger partial charge >= 0.3 is 5.69 Å². The summed E-state index contributed by atoms with van der Waals surface area (Å²) < 4.78 is 10.0. The van der Waals surface area contributed by atoms with Gasteiger partial charge in [-0.2, -0.15) is 0 Å². The minimum Gasteiger partial charge on any atom is -0.460 e. The first-order valence-electron chi connectivity index (χ1n) is 4.19. The van der Waals surface area contributed by atoms with Crippen LogP contribution in [0.3, 0.4) is 0 Å². The lowest BCUT2D eigenvalue weighted by Crippen LogP contribution is -2.03. The predicted molar refractivity (Wildman–Crippen MR) is 50.2 cm³/mol. The second-order valence-electron chi connectivity index (χ2n) is 2.48. The van der Waals surface area contributed by atoms with Crippen LogP contribution >= 0.6 is 0 Å². The van der Waals surface area contributed by atoms with E-state index >= 15 is 0 Å². The van der Waals surface area contributed by atoms with Gasteiger partial charge in [0.15, 0.2) is 12.5 Å². The van der Waals surface area contributed by atoms with Gasteiger partial charge < -0.3 is 9.47 Å². The monoisotopic (exact) mass is 197 g/mol. The van der Waals surface area contributed by atoms with Crippen LogP contribution in [-0.2, 0) is 4.74 Å². The Labute approximate surface area is 81.4 Å². The Bertz CT molecular complexity index is 313. The number of ether oxygens (including phenoxy) is 2. The third-order valence-corrected chi connectivity index (χ3v) is 1.56. The molecule has 0 spiro atoms. The highest BCUT2D eigenvalue weighted by Crippen LogP contribution is 2.25. The molecule has 0 aliphatic heterocycles. The van der Waals surface area contributed by atoms with E-state index < -0.39 is 4.92 Å². The Kier molecular flexibility index (Phi) is 3.87. The number of nitrogens with zero attached hydrogens (tertiary/aromatic N) is 1. The highest BCUT2D eigenvalue weighted by Gasteiger charge is 2.12. The Morgan fingerprint density at radius 2 is 2.14 bits per heavy atom. The SMILES string of the molecule is CCOCOc1ccccc1[N+](=O)[O-]. The van der Waals surface area contributed by atoms with Gasteiger partial charge in [0, 0.05) is 12.7 Å². The Hall–Kier alpha value is -1.62. The van der Waals surface area contributed by atoms with Gasteiger partial charge in [0.2, 0.25) is 0 Å². The van der Waals surface area contributed by atoms with Crippen LogP contribution in [0.5, 0.6) is 5.75 Å². The molecule has 0 aliphatic rings. The van der Waals surface area contributed by atoms with Gasteiger partial charge in [0.25, 0.3) is 0 Å². The maximum atomic E-state index is 10.5. The molecule has 5 heteroatoms. The van der Waals surface area contributed by atoms with E-state index in [9.17, 15) is 10.1 Å². The Morgan fingerprint density at radius 3 is 2.79 bits per heavy atom. The molecular formula is C9H11NO4. The number of nitro benzene ring substituents is 1. The summed E-state index contributed by atoms with van der Waals surface area (Å²) >= 11 is 0. The molecule has 76 valence electrons. The van der Waals surface area contributed by atoms with Crippen molar-refractivity contribution in [1.29, 1.82) is 0 Å². The average molecular weight is 197 g/mol. The Balaban J connectivity index is 2.69. The third-order valence-electron chi connectivity index (χ3n) is 1.56. The van der Waals surface area contributed by atoms with Gasteiger partial charge in [0.1, 0.15) is 0 Å². The highest BCUT2D eigenvalue weighted by molar-refractivity contribution is 5.45. The number of rotatable bonds is 5. The fourth-order valence-electron chi connectivity index (χ4n) is 0.919. The molecule has 5 nitrogen and oxygen atoms in total. The lowest BCUT2D eigenvalue weighted by atomic mass is 10.3. The number of hydrogen-bond donors (Lipinski definition) is 0. The van der Waals surface area contributed by atoms with Gasteiger partial charge in [-0.3, -0.25) is 10.1 Å². The molecule has 0 bridgehead atoms. The summed E-state index contributed by atoms with van der Waals surface area (Å²) in [5.41, 5.74) is -0.0489. The van der Waals surface area contributed by atoms with Crippen LogP contribution in [-0.4, -0.2) is 18.3 Å². The molecule has 0 saturated carbocycles. The van der Waals surface area contributed by atoms with Crippen molar-refractivity contribution in [2.24, 2.45) is 0 Å². The zero-order valence-electron chi connectivity index (χ0n) is 7.80. The van der Waals surface area contributed by atoms with Crippen molar-refractivity contribution >= 4 is 5.69 Å². The molecule has 0 saturated heterocycles. The molecule has 0 fully saturated rings. The summed E-state index contributed by atoms with van der Waals surface area (Å²) in [5, 5.41) is 10.5. The van der Waals surface area contributed by atoms with E-state index in [0.717, 1.165) is 0 Å². The van der Waals surface area contributed by atoms with E-state index in [4.69, 9.17) is 9.47 Å². The third kappa shape index (κ3) is 2.70. The summed E-state index contributed by atoms with van der Waals surface area (Å²) in [7, 11) is 0. The maximum absolute atomic E-state index is 10.5. The van der Waals surface area contributed by atoms with Crippen molar-refractivity contribution in [3.05, 3.63) is 34.4 Å². The molecule has 0 heterocycles. The van der Waals surface area contributed by atoms with Crippen LogP contribution in [0.4, 0.5) is 5.69 Å². The van der Waals surface area contributed by atoms with E-state index in [0.29, 0.717) is 6.61 Å². The molecule has 0 aromatic heterocycles. The van der Waals surface area contributed by atoms with Crippen LogP contribution in [0.15, 0.2) is 24.3 Å². The lowest BCUT2D eigenvalue weighted by molar-refractivity contribution is -0.386. The molecule has 0 N–H and O–H groups in total. The minimum absolute atomic E-state index is 0.0291. The molecule has 1 rings (SSSR count). The van der Waals surface area contributed by atoms with E-state index in [1.165, 1.54) is 12.1 Å². The van der Waals surface area contributed by atoms with Gasteiger partial charge in [-0.15, -0.1) is 0 Å². The first-order chi connectivity index (χ1) is 6.75. The summed E-state index contributed by atoms with van der Waals surface area (Å²) in [6, 6.07) is 6.19. The molecule has 0 amide bonds. The topological polar surface area (TPSA) is 61.6 Å². The maximum Gasteiger partial charge on any atom is 0.311 e. The largest absolute Gasteiger partial charge is 0.460 e. The van der Waals surface area contributed by atoms with Crippen molar-refractivity contribution in [3.8, 4) is 5.75 Å². The highest BCUT2D eigenvalue weighted by atomic mass is 16.7. The number of hydrogen-bond acceptors (Lipinski definition) is 4. The summed E-state index contributed by atoms with van der Waals surface area (Å²) in [6.07, 6.45) is 0. The van der Waals surface area contributed by atoms with Crippen LogP contribution in [0, 0.1) is 10.1 Å². The van der Waals surface area contributed by atoms with Crippen LogP contribution < -0.4 is 4.74 Å². The zero-order valence-corrected chi connectivity index (χ0v) is 7.80. The molecule has 0 aliphatic carbocycles. The number of para-hydroxylation sites is 2. The molecule has 1 aromatic rings. The van der Waals surface area contributed by atoms with Crippen molar-refractivity contribution in [2.45, 2.75) is 6.92 Å². The second kappa shape index (κ2) is 5.18. The quantitative estimate of drug-likeness (QED) is 0.313. The molecule has 0 unspecified atom stereocenters. The second-order valence-corrected chi connectivity index (χ2v) is 2.48. The average Bonchev–Trinajstić information content (AvgIpc) is 2.19. The van der Waals surface area contributed by atoms with Crippen molar-refractivity contribution < 1.29 is 14.4 Å². The van der Waals surface area contributed by atoms with Crippen LogP contribution in [0.1, 0.15) is 6.92 Å². The van der Waals surface area contributed by atoms with Gasteiger partial charge in [-0.25, -0.2) is 0 Å². The number of benzene rings is 1. The fraction of sp³-hybridized carbons (Fsp3) is 0.333. The van der Waals surface area contributed by atoms with Crippen LogP contribution in [0.25, 0.3) is 0 Å². The Morgan fingerprint density at radius 1 is 1.43 bits per heavy atom. The van der Waals surface area contributed by atoms with E-state index in [-0.39, 0.29) is 18.2 Å². The summed E-state index contributed by atoms with van der Waals surface area (Å²) in [5.74, 6) is 0.228. The van der Waals surface area contributed by atoms with E-state index in [2.05, 4.69) is 0 Å². The van der Waals surface area contributed by atoms with Crippen molar-refractivity contribution in [1.82, 2.24) is 0 Å². The molecule has 14 heavy (non-hydrogen) atoms. The van der Waals surface area contributed by atoms with E-state index in [1.807, 2.05) is 6.92 Å².